The molecule has 25 heavy (non-hydrogen) atoms. The molecule has 0 spiro atoms. The first-order chi connectivity index (χ1) is 11.6. The van der Waals surface area contributed by atoms with Crippen LogP contribution in [-0.4, -0.2) is 28.3 Å². The number of benzene rings is 1. The molecule has 0 aliphatic heterocycles. The lowest BCUT2D eigenvalue weighted by atomic mass is 9.68. The summed E-state index contributed by atoms with van der Waals surface area (Å²) in [5.41, 5.74) is 2.05. The fourth-order valence-corrected chi connectivity index (χ4v) is 3.28. The summed E-state index contributed by atoms with van der Waals surface area (Å²) in [6, 6.07) is 3.42. The third-order valence-electron chi connectivity index (χ3n) is 4.73. The van der Waals surface area contributed by atoms with Gasteiger partial charge in [0.2, 0.25) is 0 Å². The van der Waals surface area contributed by atoms with Crippen LogP contribution in [0.3, 0.4) is 0 Å². The van der Waals surface area contributed by atoms with Crippen molar-refractivity contribution in [3.05, 3.63) is 38.4 Å². The molecule has 1 aliphatic carbocycles. The first kappa shape index (κ1) is 18.8. The van der Waals surface area contributed by atoms with Gasteiger partial charge in [-0.2, -0.15) is 5.10 Å². The van der Waals surface area contributed by atoms with Crippen molar-refractivity contribution in [2.24, 2.45) is 10.5 Å². The van der Waals surface area contributed by atoms with Gasteiger partial charge in [0.15, 0.2) is 0 Å². The minimum absolute atomic E-state index is 0.0999. The van der Waals surface area contributed by atoms with Crippen molar-refractivity contribution in [3.8, 4) is 0 Å². The van der Waals surface area contributed by atoms with E-state index in [2.05, 4.69) is 10.5 Å². The lowest BCUT2D eigenvalue weighted by Crippen LogP contribution is -2.49. The number of anilines is 1. The summed E-state index contributed by atoms with van der Waals surface area (Å²) in [7, 11) is 1.62. The fraction of sp³-hybridized carbons (Fsp3) is 0.562. The predicted octanol–water partition coefficient (Wildman–Crippen LogP) is 3.89. The Bertz CT molecular complexity index is 731. The number of hydrazone groups is 1. The summed E-state index contributed by atoms with van der Waals surface area (Å²) >= 11 is 0. The molecule has 9 heteroatoms. The molecule has 1 aliphatic rings. The third-order valence-corrected chi connectivity index (χ3v) is 4.73. The minimum Gasteiger partial charge on any atom is -0.372 e. The van der Waals surface area contributed by atoms with Gasteiger partial charge in [-0.15, -0.1) is 0 Å². The number of methoxy groups -OCH3 is 1. The van der Waals surface area contributed by atoms with Gasteiger partial charge in [0, 0.05) is 18.6 Å². The second-order valence-corrected chi connectivity index (χ2v) is 6.96. The van der Waals surface area contributed by atoms with Gasteiger partial charge in [0.25, 0.3) is 5.69 Å². The van der Waals surface area contributed by atoms with Gasteiger partial charge in [0.05, 0.1) is 21.6 Å². The maximum absolute atomic E-state index is 11.2. The van der Waals surface area contributed by atoms with E-state index in [1.54, 1.807) is 7.11 Å². The lowest BCUT2D eigenvalue weighted by Gasteiger charge is -2.43. The average molecular weight is 350 g/mol. The van der Waals surface area contributed by atoms with Crippen molar-refractivity contribution in [1.29, 1.82) is 0 Å². The Labute approximate surface area is 145 Å². The highest BCUT2D eigenvalue weighted by Crippen LogP contribution is 2.40. The van der Waals surface area contributed by atoms with Crippen LogP contribution >= 0.6 is 0 Å². The van der Waals surface area contributed by atoms with E-state index >= 15 is 0 Å². The van der Waals surface area contributed by atoms with Crippen LogP contribution in [0.1, 0.15) is 40.0 Å². The molecule has 1 atom stereocenters. The Morgan fingerprint density at radius 3 is 2.40 bits per heavy atom. The molecule has 2 rings (SSSR count). The third kappa shape index (κ3) is 3.76. The molecular weight excluding hydrogens is 328 g/mol. The van der Waals surface area contributed by atoms with Crippen molar-refractivity contribution in [3.63, 3.8) is 0 Å². The summed E-state index contributed by atoms with van der Waals surface area (Å²) in [4.78, 5) is 20.7. The predicted molar refractivity (Wildman–Crippen MR) is 93.9 cm³/mol. The van der Waals surface area contributed by atoms with Crippen LogP contribution in [0, 0.1) is 25.6 Å². The molecule has 1 aromatic carbocycles. The summed E-state index contributed by atoms with van der Waals surface area (Å²) in [5.74, 6) is 0. The lowest BCUT2D eigenvalue weighted by molar-refractivity contribution is -0.393. The van der Waals surface area contributed by atoms with E-state index < -0.39 is 21.1 Å². The van der Waals surface area contributed by atoms with Gasteiger partial charge in [-0.05, 0) is 32.3 Å². The molecule has 0 heterocycles. The zero-order chi connectivity index (χ0) is 18.8. The summed E-state index contributed by atoms with van der Waals surface area (Å²) < 4.78 is 5.65. The van der Waals surface area contributed by atoms with E-state index in [4.69, 9.17) is 4.74 Å². The molecule has 136 valence electrons. The molecule has 1 aromatic rings. The second kappa shape index (κ2) is 6.75. The number of nitrogens with zero attached hydrogens (tertiary/aromatic N) is 3. The van der Waals surface area contributed by atoms with Gasteiger partial charge < -0.3 is 4.74 Å². The van der Waals surface area contributed by atoms with Crippen LogP contribution in [0.2, 0.25) is 0 Å². The first-order valence-electron chi connectivity index (χ1n) is 7.93. The van der Waals surface area contributed by atoms with Crippen LogP contribution in [-0.2, 0) is 4.74 Å². The van der Waals surface area contributed by atoms with Crippen LogP contribution in [0.15, 0.2) is 23.3 Å². The average Bonchev–Trinajstić information content (AvgIpc) is 2.53. The fourth-order valence-electron chi connectivity index (χ4n) is 3.28. The Balaban J connectivity index is 2.42. The van der Waals surface area contributed by atoms with Crippen LogP contribution in [0.5, 0.6) is 0 Å². The highest BCUT2D eigenvalue weighted by atomic mass is 16.6. The zero-order valence-corrected chi connectivity index (χ0v) is 14.7. The molecule has 1 fully saturated rings. The monoisotopic (exact) mass is 350 g/mol. The standard InChI is InChI=1S/C16H22N4O5/c1-15(2)8-5-9-16(3,25-4)14(15)18-17-12-7-6-11(19(21)22)10-13(12)20(23)24/h6-7,10,17H,5,8-9H2,1-4H3. The van der Waals surface area contributed by atoms with Gasteiger partial charge in [0.1, 0.15) is 11.3 Å². The number of hydrogen-bond acceptors (Lipinski definition) is 7. The molecule has 9 nitrogen and oxygen atoms in total. The van der Waals surface area contributed by atoms with Crippen molar-refractivity contribution in [2.75, 3.05) is 12.5 Å². The van der Waals surface area contributed by atoms with E-state index in [9.17, 15) is 20.2 Å². The van der Waals surface area contributed by atoms with Crippen molar-refractivity contribution < 1.29 is 14.6 Å². The van der Waals surface area contributed by atoms with Gasteiger partial charge in [-0.1, -0.05) is 13.8 Å². The van der Waals surface area contributed by atoms with Gasteiger partial charge in [-0.3, -0.25) is 25.7 Å². The first-order valence-corrected chi connectivity index (χ1v) is 7.93. The topological polar surface area (TPSA) is 120 Å². The Morgan fingerprint density at radius 2 is 1.84 bits per heavy atom. The van der Waals surface area contributed by atoms with E-state index in [0.717, 1.165) is 31.0 Å². The SMILES string of the molecule is COC1(C)CCCC(C)(C)C1=NNc1ccc([N+](=O)[O-])cc1[N+](=O)[O-]. The number of nitro benzene ring substituents is 2. The number of non-ortho nitro benzene ring substituents is 1. The molecule has 1 saturated carbocycles. The van der Waals surface area contributed by atoms with E-state index in [-0.39, 0.29) is 16.8 Å². The minimum atomic E-state index is -0.672. The largest absolute Gasteiger partial charge is 0.372 e. The number of rotatable bonds is 5. The van der Waals surface area contributed by atoms with E-state index in [1.165, 1.54) is 12.1 Å². The molecule has 0 saturated heterocycles. The van der Waals surface area contributed by atoms with E-state index in [1.807, 2.05) is 20.8 Å². The summed E-state index contributed by atoms with van der Waals surface area (Å²) in [6.45, 7) is 6.04. The highest BCUT2D eigenvalue weighted by molar-refractivity contribution is 5.98. The van der Waals surface area contributed by atoms with Crippen LogP contribution in [0.25, 0.3) is 0 Å². The molecule has 0 bridgehead atoms. The van der Waals surface area contributed by atoms with Crippen LogP contribution in [0.4, 0.5) is 17.1 Å². The van der Waals surface area contributed by atoms with Gasteiger partial charge in [-0.25, -0.2) is 0 Å². The number of nitro groups is 2. The molecule has 1 N–H and O–H groups in total. The maximum Gasteiger partial charge on any atom is 0.301 e. The molecule has 0 aromatic heterocycles. The molecule has 1 unspecified atom stereocenters. The quantitative estimate of drug-likeness (QED) is 0.635. The second-order valence-electron chi connectivity index (χ2n) is 6.96. The number of ether oxygens (including phenoxy) is 1. The number of hydrogen-bond donors (Lipinski definition) is 1. The summed E-state index contributed by atoms with van der Waals surface area (Å²) in [6.07, 6.45) is 2.72. The number of nitrogens with one attached hydrogen (secondary N) is 1. The van der Waals surface area contributed by atoms with Crippen molar-refractivity contribution in [2.45, 2.75) is 45.6 Å². The van der Waals surface area contributed by atoms with Crippen LogP contribution < -0.4 is 5.43 Å². The Morgan fingerprint density at radius 1 is 1.16 bits per heavy atom. The zero-order valence-electron chi connectivity index (χ0n) is 14.7. The molecule has 0 amide bonds. The van der Waals surface area contributed by atoms with Crippen molar-refractivity contribution in [1.82, 2.24) is 0 Å². The van der Waals surface area contributed by atoms with Crippen molar-refractivity contribution >= 4 is 22.8 Å². The maximum atomic E-state index is 11.2. The summed E-state index contributed by atoms with van der Waals surface area (Å²) in [5, 5.41) is 26.5. The molecular formula is C16H22N4O5. The highest BCUT2D eigenvalue weighted by Gasteiger charge is 2.44. The normalized spacial score (nSPS) is 24.1. The Hall–Kier alpha value is -2.55. The van der Waals surface area contributed by atoms with E-state index in [0.29, 0.717) is 0 Å². The van der Waals surface area contributed by atoms with Gasteiger partial charge >= 0.3 is 5.69 Å². The smallest absolute Gasteiger partial charge is 0.301 e. The molecule has 0 radical (unpaired) electrons. The Kier molecular flexibility index (Phi) is 5.07.